The molecule has 0 aromatic carbocycles. The van der Waals surface area contributed by atoms with Gasteiger partial charge in [-0.3, -0.25) is 15.0 Å². The van der Waals surface area contributed by atoms with Gasteiger partial charge in [-0.05, 0) is 6.92 Å². The minimum atomic E-state index is -0.902. The van der Waals surface area contributed by atoms with Crippen LogP contribution in [-0.2, 0) is 9.53 Å². The van der Waals surface area contributed by atoms with Crippen molar-refractivity contribution in [2.24, 2.45) is 0 Å². The van der Waals surface area contributed by atoms with Crippen molar-refractivity contribution < 1.29 is 24.5 Å². The number of rotatable bonds is 4. The first-order chi connectivity index (χ1) is 8.13. The zero-order valence-electron chi connectivity index (χ0n) is 9.44. The fourth-order valence-corrected chi connectivity index (χ4v) is 1.65. The highest BCUT2D eigenvalue weighted by atomic mass is 16.5. The zero-order chi connectivity index (χ0) is 12.8. The highest BCUT2D eigenvalue weighted by Crippen LogP contribution is 2.23. The van der Waals surface area contributed by atoms with Gasteiger partial charge in [-0.15, -0.1) is 0 Å². The minimum Gasteiger partial charge on any atom is -0.394 e. The van der Waals surface area contributed by atoms with Crippen molar-refractivity contribution in [2.75, 3.05) is 6.61 Å². The number of nitrogens with zero attached hydrogens (tertiary/aromatic N) is 1. The Balaban J connectivity index is 2.77. The number of carbonyl (C=O) groups excluding carboxylic acids is 2. The van der Waals surface area contributed by atoms with Crippen LogP contribution < -0.4 is 5.32 Å². The first-order valence-corrected chi connectivity index (χ1v) is 5.23. The summed E-state index contributed by atoms with van der Waals surface area (Å²) in [4.78, 5) is 22.8. The summed E-state index contributed by atoms with van der Waals surface area (Å²) in [6, 6.07) is -0.694. The summed E-state index contributed by atoms with van der Waals surface area (Å²) in [5, 5.41) is 20.6. The van der Waals surface area contributed by atoms with Crippen LogP contribution in [0.25, 0.3) is 0 Å². The Kier molecular flexibility index (Phi) is 5.08. The summed E-state index contributed by atoms with van der Waals surface area (Å²) in [5.41, 5.74) is 0. The van der Waals surface area contributed by atoms with Gasteiger partial charge in [-0.2, -0.15) is 0 Å². The van der Waals surface area contributed by atoms with Gasteiger partial charge in [0.15, 0.2) is 6.23 Å². The van der Waals surface area contributed by atoms with Crippen LogP contribution in [0.4, 0.5) is 4.79 Å². The molecule has 0 aromatic heterocycles. The maximum absolute atomic E-state index is 11.5. The minimum absolute atomic E-state index is 0.230. The molecule has 1 rings (SSSR count). The lowest BCUT2D eigenvalue weighted by Gasteiger charge is -2.26. The standard InChI is InChI=1S/C10H16N2O5/c1-2-3-12(10(16)11-6-14)9-8(15)4-7(5-13)17-9/h2-3,6-9,13,15H,4-5H2,1H3,(H,11,14,16)/b3-2-. The molecule has 3 atom stereocenters. The van der Waals surface area contributed by atoms with Crippen molar-refractivity contribution in [1.29, 1.82) is 0 Å². The van der Waals surface area contributed by atoms with Crippen LogP contribution in [0.15, 0.2) is 12.3 Å². The lowest BCUT2D eigenvalue weighted by Crippen LogP contribution is -2.46. The molecule has 1 saturated heterocycles. The molecule has 7 nitrogen and oxygen atoms in total. The van der Waals surface area contributed by atoms with Gasteiger partial charge in [-0.1, -0.05) is 6.08 Å². The van der Waals surface area contributed by atoms with E-state index in [0.29, 0.717) is 0 Å². The lowest BCUT2D eigenvalue weighted by molar-refractivity contribution is -0.109. The van der Waals surface area contributed by atoms with Crippen molar-refractivity contribution in [2.45, 2.75) is 31.8 Å². The molecule has 17 heavy (non-hydrogen) atoms. The third-order valence-electron chi connectivity index (χ3n) is 2.37. The maximum Gasteiger partial charge on any atom is 0.330 e. The molecule has 0 spiro atoms. The normalized spacial score (nSPS) is 28.3. The molecular weight excluding hydrogens is 228 g/mol. The Morgan fingerprint density at radius 2 is 2.35 bits per heavy atom. The molecule has 0 bridgehead atoms. The molecule has 1 aliphatic rings. The van der Waals surface area contributed by atoms with Crippen molar-refractivity contribution >= 4 is 12.4 Å². The van der Waals surface area contributed by atoms with Crippen molar-refractivity contribution in [1.82, 2.24) is 10.2 Å². The maximum atomic E-state index is 11.5. The number of urea groups is 1. The molecule has 0 aliphatic carbocycles. The second-order valence-corrected chi connectivity index (χ2v) is 3.59. The summed E-state index contributed by atoms with van der Waals surface area (Å²) in [6.45, 7) is 1.46. The number of carbonyl (C=O) groups is 2. The van der Waals surface area contributed by atoms with Crippen LogP contribution in [0, 0.1) is 0 Å². The molecular formula is C10H16N2O5. The topological polar surface area (TPSA) is 99.1 Å². The number of allylic oxidation sites excluding steroid dienone is 1. The Bertz CT molecular complexity index is 307. The second-order valence-electron chi connectivity index (χ2n) is 3.59. The number of aliphatic hydroxyl groups excluding tert-OH is 2. The van der Waals surface area contributed by atoms with E-state index in [-0.39, 0.29) is 19.4 Å². The Hall–Kier alpha value is -1.44. The molecule has 0 radical (unpaired) electrons. The van der Waals surface area contributed by atoms with Crippen LogP contribution in [-0.4, -0.2) is 52.6 Å². The van der Waals surface area contributed by atoms with Gasteiger partial charge < -0.3 is 14.9 Å². The fraction of sp³-hybridized carbons (Fsp3) is 0.600. The van der Waals surface area contributed by atoms with E-state index >= 15 is 0 Å². The smallest absolute Gasteiger partial charge is 0.330 e. The largest absolute Gasteiger partial charge is 0.394 e. The average Bonchev–Trinajstić information content (AvgIpc) is 2.67. The lowest BCUT2D eigenvalue weighted by atomic mass is 10.2. The van der Waals surface area contributed by atoms with Crippen LogP contribution in [0.5, 0.6) is 0 Å². The van der Waals surface area contributed by atoms with Crippen molar-refractivity contribution in [3.8, 4) is 0 Å². The van der Waals surface area contributed by atoms with Crippen LogP contribution in [0.2, 0.25) is 0 Å². The first-order valence-electron chi connectivity index (χ1n) is 5.23. The third kappa shape index (κ3) is 3.26. The number of hydrogen-bond donors (Lipinski definition) is 3. The summed E-state index contributed by atoms with van der Waals surface area (Å²) < 4.78 is 5.30. The summed E-state index contributed by atoms with van der Waals surface area (Å²) in [7, 11) is 0. The Morgan fingerprint density at radius 3 is 2.82 bits per heavy atom. The molecule has 3 unspecified atom stereocenters. The van der Waals surface area contributed by atoms with E-state index in [1.165, 1.54) is 6.20 Å². The van der Waals surface area contributed by atoms with E-state index in [9.17, 15) is 14.7 Å². The molecule has 3 amide bonds. The highest BCUT2D eigenvalue weighted by molar-refractivity contribution is 5.85. The van der Waals surface area contributed by atoms with Gasteiger partial charge in [0.05, 0.1) is 12.7 Å². The van der Waals surface area contributed by atoms with E-state index < -0.39 is 24.5 Å². The van der Waals surface area contributed by atoms with E-state index in [4.69, 9.17) is 9.84 Å². The quantitative estimate of drug-likeness (QED) is 0.560. The van der Waals surface area contributed by atoms with Crippen LogP contribution >= 0.6 is 0 Å². The molecule has 1 fully saturated rings. The number of aliphatic hydroxyl groups is 2. The number of amides is 3. The SMILES string of the molecule is C/C=C\N(C(=O)NC=O)C1OC(CO)CC1O. The fourth-order valence-electron chi connectivity index (χ4n) is 1.65. The highest BCUT2D eigenvalue weighted by Gasteiger charge is 2.38. The average molecular weight is 244 g/mol. The summed E-state index contributed by atoms with van der Waals surface area (Å²) in [5.74, 6) is 0. The van der Waals surface area contributed by atoms with Gasteiger partial charge in [-0.25, -0.2) is 4.79 Å². The molecule has 96 valence electrons. The monoisotopic (exact) mass is 244 g/mol. The van der Waals surface area contributed by atoms with E-state index in [0.717, 1.165) is 4.90 Å². The van der Waals surface area contributed by atoms with Crippen LogP contribution in [0.3, 0.4) is 0 Å². The number of imide groups is 1. The summed E-state index contributed by atoms with van der Waals surface area (Å²) >= 11 is 0. The molecule has 0 aromatic rings. The number of hydrogen-bond acceptors (Lipinski definition) is 5. The Morgan fingerprint density at radius 1 is 1.65 bits per heavy atom. The predicted octanol–water partition coefficient (Wildman–Crippen LogP) is -0.844. The predicted molar refractivity (Wildman–Crippen MR) is 57.6 cm³/mol. The van der Waals surface area contributed by atoms with Crippen molar-refractivity contribution in [3.05, 3.63) is 12.3 Å². The number of nitrogens with one attached hydrogen (secondary N) is 1. The van der Waals surface area contributed by atoms with E-state index in [1.54, 1.807) is 13.0 Å². The Labute approximate surface area is 98.7 Å². The third-order valence-corrected chi connectivity index (χ3v) is 2.37. The molecule has 1 heterocycles. The van der Waals surface area contributed by atoms with Crippen molar-refractivity contribution in [3.63, 3.8) is 0 Å². The summed E-state index contributed by atoms with van der Waals surface area (Å²) in [6.07, 6.45) is 1.16. The molecule has 0 saturated carbocycles. The van der Waals surface area contributed by atoms with Gasteiger partial charge >= 0.3 is 6.03 Å². The van der Waals surface area contributed by atoms with Gasteiger partial charge in [0.25, 0.3) is 0 Å². The first kappa shape index (κ1) is 13.6. The van der Waals surface area contributed by atoms with Gasteiger partial charge in [0.2, 0.25) is 6.41 Å². The molecule has 3 N–H and O–H groups in total. The second kappa shape index (κ2) is 6.33. The number of ether oxygens (including phenoxy) is 1. The van der Waals surface area contributed by atoms with E-state index in [1.807, 2.05) is 5.32 Å². The van der Waals surface area contributed by atoms with Gasteiger partial charge in [0.1, 0.15) is 6.10 Å². The van der Waals surface area contributed by atoms with E-state index in [2.05, 4.69) is 0 Å². The van der Waals surface area contributed by atoms with Gasteiger partial charge in [0, 0.05) is 12.6 Å². The van der Waals surface area contributed by atoms with Crippen LogP contribution in [0.1, 0.15) is 13.3 Å². The zero-order valence-corrected chi connectivity index (χ0v) is 9.44. The molecule has 1 aliphatic heterocycles. The molecule has 7 heteroatoms.